The lowest BCUT2D eigenvalue weighted by Gasteiger charge is -2.22. The molecule has 1 aliphatic rings. The quantitative estimate of drug-likeness (QED) is 0.916. The molecule has 0 bridgehead atoms. The van der Waals surface area contributed by atoms with Gasteiger partial charge in [-0.2, -0.15) is 0 Å². The molecule has 1 aliphatic heterocycles. The summed E-state index contributed by atoms with van der Waals surface area (Å²) in [5.41, 5.74) is 1.60. The third-order valence-corrected chi connectivity index (χ3v) is 4.13. The van der Waals surface area contributed by atoms with Crippen LogP contribution in [0.2, 0.25) is 10.0 Å². The number of nitrogens with one attached hydrogen (secondary N) is 1. The lowest BCUT2D eigenvalue weighted by atomic mass is 9.79. The van der Waals surface area contributed by atoms with E-state index in [0.29, 0.717) is 22.2 Å². The Kier molecular flexibility index (Phi) is 3.19. The van der Waals surface area contributed by atoms with Gasteiger partial charge in [0.2, 0.25) is 5.91 Å². The Morgan fingerprint density at radius 3 is 2.80 bits per heavy atom. The van der Waals surface area contributed by atoms with E-state index >= 15 is 0 Å². The van der Waals surface area contributed by atoms with Gasteiger partial charge in [0.15, 0.2) is 0 Å². The fourth-order valence-corrected chi connectivity index (χ4v) is 3.34. The lowest BCUT2D eigenvalue weighted by Crippen LogP contribution is -2.33. The highest BCUT2D eigenvalue weighted by molar-refractivity contribution is 6.36. The van der Waals surface area contributed by atoms with Gasteiger partial charge in [0, 0.05) is 39.6 Å². The molecule has 1 N–H and O–H groups in total. The Morgan fingerprint density at radius 1 is 1.30 bits per heavy atom. The first-order valence-corrected chi connectivity index (χ1v) is 6.97. The normalized spacial score (nSPS) is 20.6. The van der Waals surface area contributed by atoms with Gasteiger partial charge in [-0.25, -0.2) is 0 Å². The SMILES string of the molecule is CC1(Cc2ccccn2)C(=O)Nc2cc(Cl)cc(Cl)c21. The van der Waals surface area contributed by atoms with Crippen molar-refractivity contribution in [3.8, 4) is 0 Å². The second-order valence-corrected chi connectivity index (χ2v) is 5.94. The highest BCUT2D eigenvalue weighted by Gasteiger charge is 2.44. The van der Waals surface area contributed by atoms with Gasteiger partial charge in [0.1, 0.15) is 0 Å². The smallest absolute Gasteiger partial charge is 0.235 e. The third kappa shape index (κ3) is 2.07. The maximum absolute atomic E-state index is 12.4. The number of nitrogens with zero attached hydrogens (tertiary/aromatic N) is 1. The molecule has 20 heavy (non-hydrogen) atoms. The highest BCUT2D eigenvalue weighted by Crippen LogP contribution is 2.45. The number of halogens is 2. The number of fused-ring (bicyclic) bond motifs is 1. The molecule has 2 heterocycles. The van der Waals surface area contributed by atoms with Gasteiger partial charge in [0.05, 0.1) is 5.41 Å². The zero-order valence-electron chi connectivity index (χ0n) is 10.8. The Bertz CT molecular complexity index is 688. The van der Waals surface area contributed by atoms with Crippen LogP contribution in [0.5, 0.6) is 0 Å². The van der Waals surface area contributed by atoms with Crippen molar-refractivity contribution in [1.29, 1.82) is 0 Å². The standard InChI is InChI=1S/C15H12Cl2N2O/c1-15(8-10-4-2-3-5-18-10)13-11(17)6-9(16)7-12(13)19-14(15)20/h2-7H,8H2,1H3,(H,19,20). The molecule has 1 aromatic carbocycles. The number of hydrogen-bond acceptors (Lipinski definition) is 2. The predicted octanol–water partition coefficient (Wildman–Crippen LogP) is 3.84. The van der Waals surface area contributed by atoms with Crippen molar-refractivity contribution in [2.24, 2.45) is 0 Å². The van der Waals surface area contributed by atoms with Crippen LogP contribution in [0, 0.1) is 0 Å². The molecule has 0 fully saturated rings. The maximum Gasteiger partial charge on any atom is 0.235 e. The van der Waals surface area contributed by atoms with E-state index in [4.69, 9.17) is 23.2 Å². The van der Waals surface area contributed by atoms with Gasteiger partial charge < -0.3 is 5.32 Å². The molecule has 0 radical (unpaired) electrons. The number of carbonyl (C=O) groups is 1. The topological polar surface area (TPSA) is 42.0 Å². The van der Waals surface area contributed by atoms with Crippen LogP contribution in [-0.4, -0.2) is 10.9 Å². The van der Waals surface area contributed by atoms with E-state index in [-0.39, 0.29) is 5.91 Å². The second-order valence-electron chi connectivity index (χ2n) is 5.09. The molecule has 3 nitrogen and oxygen atoms in total. The minimum atomic E-state index is -0.731. The molecule has 5 heteroatoms. The molecule has 1 aromatic heterocycles. The number of hydrogen-bond donors (Lipinski definition) is 1. The minimum Gasteiger partial charge on any atom is -0.325 e. The van der Waals surface area contributed by atoms with Crippen LogP contribution < -0.4 is 5.32 Å². The Labute approximate surface area is 126 Å². The highest BCUT2D eigenvalue weighted by atomic mass is 35.5. The van der Waals surface area contributed by atoms with Crippen molar-refractivity contribution >= 4 is 34.8 Å². The number of rotatable bonds is 2. The van der Waals surface area contributed by atoms with Crippen molar-refractivity contribution < 1.29 is 4.79 Å². The first-order chi connectivity index (χ1) is 9.50. The number of aromatic nitrogens is 1. The minimum absolute atomic E-state index is 0.0812. The van der Waals surface area contributed by atoms with Gasteiger partial charge in [-0.3, -0.25) is 9.78 Å². The number of carbonyl (C=O) groups excluding carboxylic acids is 1. The van der Waals surface area contributed by atoms with E-state index in [1.54, 1.807) is 18.3 Å². The monoisotopic (exact) mass is 306 g/mol. The van der Waals surface area contributed by atoms with Crippen LogP contribution in [0.4, 0.5) is 5.69 Å². The molecule has 0 aliphatic carbocycles. The summed E-state index contributed by atoms with van der Waals surface area (Å²) in [5.74, 6) is -0.0812. The van der Waals surface area contributed by atoms with Crippen molar-refractivity contribution in [3.63, 3.8) is 0 Å². The summed E-state index contributed by atoms with van der Waals surface area (Å²) in [7, 11) is 0. The Hall–Kier alpha value is -1.58. The summed E-state index contributed by atoms with van der Waals surface area (Å²) >= 11 is 12.3. The van der Waals surface area contributed by atoms with E-state index < -0.39 is 5.41 Å². The van der Waals surface area contributed by atoms with Crippen LogP contribution >= 0.6 is 23.2 Å². The maximum atomic E-state index is 12.4. The molecule has 1 amide bonds. The fraction of sp³-hybridized carbons (Fsp3) is 0.200. The summed E-state index contributed by atoms with van der Waals surface area (Å²) in [4.78, 5) is 16.7. The van der Waals surface area contributed by atoms with Crippen LogP contribution in [0.3, 0.4) is 0 Å². The molecule has 1 atom stereocenters. The number of anilines is 1. The van der Waals surface area contributed by atoms with E-state index in [1.807, 2.05) is 25.1 Å². The molecule has 102 valence electrons. The third-order valence-electron chi connectivity index (χ3n) is 3.62. The van der Waals surface area contributed by atoms with E-state index in [0.717, 1.165) is 11.3 Å². The summed E-state index contributed by atoms with van der Waals surface area (Å²) < 4.78 is 0. The van der Waals surface area contributed by atoms with Crippen LogP contribution in [-0.2, 0) is 16.6 Å². The molecule has 1 unspecified atom stereocenters. The van der Waals surface area contributed by atoms with Crippen LogP contribution in [0.15, 0.2) is 36.5 Å². The molecule has 0 spiro atoms. The number of pyridine rings is 1. The largest absolute Gasteiger partial charge is 0.325 e. The molecule has 0 saturated heterocycles. The molecular formula is C15H12Cl2N2O. The molecule has 2 aromatic rings. The van der Waals surface area contributed by atoms with Crippen molar-refractivity contribution in [2.45, 2.75) is 18.8 Å². The first kappa shape index (κ1) is 13.4. The molecule has 0 saturated carbocycles. The zero-order valence-corrected chi connectivity index (χ0v) is 12.3. The van der Waals surface area contributed by atoms with E-state index in [1.165, 1.54) is 0 Å². The Balaban J connectivity index is 2.09. The first-order valence-electron chi connectivity index (χ1n) is 6.21. The summed E-state index contributed by atoms with van der Waals surface area (Å²) in [6.45, 7) is 1.88. The summed E-state index contributed by atoms with van der Waals surface area (Å²) in [5, 5.41) is 3.87. The molecule has 3 rings (SSSR count). The van der Waals surface area contributed by atoms with Gasteiger partial charge in [-0.1, -0.05) is 29.3 Å². The van der Waals surface area contributed by atoms with Gasteiger partial charge in [-0.05, 0) is 31.2 Å². The number of benzene rings is 1. The van der Waals surface area contributed by atoms with Crippen LogP contribution in [0.25, 0.3) is 0 Å². The molecular weight excluding hydrogens is 295 g/mol. The van der Waals surface area contributed by atoms with Crippen LogP contribution in [0.1, 0.15) is 18.2 Å². The second kappa shape index (κ2) is 4.76. The number of amides is 1. The van der Waals surface area contributed by atoms with Crippen molar-refractivity contribution in [1.82, 2.24) is 4.98 Å². The average Bonchev–Trinajstić information content (AvgIpc) is 2.62. The fourth-order valence-electron chi connectivity index (χ4n) is 2.64. The van der Waals surface area contributed by atoms with Gasteiger partial charge in [0.25, 0.3) is 0 Å². The summed E-state index contributed by atoms with van der Waals surface area (Å²) in [6, 6.07) is 9.05. The van der Waals surface area contributed by atoms with E-state index in [2.05, 4.69) is 10.3 Å². The van der Waals surface area contributed by atoms with Gasteiger partial charge >= 0.3 is 0 Å². The van der Waals surface area contributed by atoms with E-state index in [9.17, 15) is 4.79 Å². The van der Waals surface area contributed by atoms with Crippen molar-refractivity contribution in [3.05, 3.63) is 57.8 Å². The Morgan fingerprint density at radius 2 is 2.10 bits per heavy atom. The summed E-state index contributed by atoms with van der Waals surface area (Å²) in [6.07, 6.45) is 2.21. The zero-order chi connectivity index (χ0) is 14.3. The van der Waals surface area contributed by atoms with Gasteiger partial charge in [-0.15, -0.1) is 0 Å². The predicted molar refractivity (Wildman–Crippen MR) is 80.4 cm³/mol. The lowest BCUT2D eigenvalue weighted by molar-refractivity contribution is -0.120. The average molecular weight is 307 g/mol. The van der Waals surface area contributed by atoms with Crippen molar-refractivity contribution in [2.75, 3.05) is 5.32 Å².